The molecule has 2 N–H and O–H groups in total. The predicted molar refractivity (Wildman–Crippen MR) is 137 cm³/mol. The van der Waals surface area contributed by atoms with Crippen molar-refractivity contribution in [1.29, 1.82) is 0 Å². The van der Waals surface area contributed by atoms with Crippen molar-refractivity contribution in [1.82, 2.24) is 14.5 Å². The lowest BCUT2D eigenvalue weighted by Crippen LogP contribution is -2.05. The lowest BCUT2D eigenvalue weighted by molar-refractivity contribution is -0.136. The number of halogens is 4. The van der Waals surface area contributed by atoms with Crippen LogP contribution in [-0.4, -0.2) is 25.6 Å². The molecular weight excluding hydrogens is 514 g/mol. The molecule has 200 valence electrons. The highest BCUT2D eigenvalue weighted by molar-refractivity contribution is 5.82. The molecule has 1 unspecified atom stereocenters. The Morgan fingerprint density at radius 2 is 1.87 bits per heavy atom. The van der Waals surface area contributed by atoms with Gasteiger partial charge in [-0.2, -0.15) is 0 Å². The number of carbonyl (C=O) groups is 1. The summed E-state index contributed by atoms with van der Waals surface area (Å²) >= 11 is 0. The van der Waals surface area contributed by atoms with Crippen LogP contribution in [0.1, 0.15) is 36.1 Å². The molecule has 0 aliphatic carbocycles. The van der Waals surface area contributed by atoms with Crippen molar-refractivity contribution in [2.24, 2.45) is 7.05 Å². The first-order valence-electron chi connectivity index (χ1n) is 12.1. The van der Waals surface area contributed by atoms with E-state index in [4.69, 9.17) is 9.84 Å². The fourth-order valence-corrected chi connectivity index (χ4v) is 4.54. The van der Waals surface area contributed by atoms with Gasteiger partial charge in [-0.25, -0.2) is 22.5 Å². The summed E-state index contributed by atoms with van der Waals surface area (Å²) in [5, 5.41) is 9.08. The zero-order valence-electron chi connectivity index (χ0n) is 20.9. The van der Waals surface area contributed by atoms with Crippen LogP contribution in [0.2, 0.25) is 0 Å². The molecule has 5 rings (SSSR count). The number of aliphatic carboxylic acids is 1. The summed E-state index contributed by atoms with van der Waals surface area (Å²) in [6.45, 7) is 1.74. The number of H-pyrrole nitrogens is 1. The molecule has 0 radical (unpaired) electrons. The first kappa shape index (κ1) is 26.0. The summed E-state index contributed by atoms with van der Waals surface area (Å²) < 4.78 is 66.6. The first-order chi connectivity index (χ1) is 18.6. The molecule has 0 spiro atoms. The largest absolute Gasteiger partial charge is 0.481 e. The Bertz CT molecular complexity index is 1710. The van der Waals surface area contributed by atoms with Crippen LogP contribution in [0.3, 0.4) is 0 Å². The number of nitrogens with zero attached hydrogens (tertiary/aromatic N) is 2. The number of nitrogens with one attached hydrogen (secondary N) is 1. The average Bonchev–Trinajstić information content (AvgIpc) is 3.53. The molecular formula is C29H23F4N3O3. The second-order valence-electron chi connectivity index (χ2n) is 9.22. The quantitative estimate of drug-likeness (QED) is 0.207. The average molecular weight is 538 g/mol. The van der Waals surface area contributed by atoms with E-state index in [2.05, 4.69) is 9.97 Å². The summed E-state index contributed by atoms with van der Waals surface area (Å²) in [5.74, 6) is -4.95. The Kier molecular flexibility index (Phi) is 6.86. The maximum atomic E-state index is 15.2. The molecule has 0 amide bonds. The molecule has 3 aromatic carbocycles. The summed E-state index contributed by atoms with van der Waals surface area (Å²) in [6, 6.07) is 11.0. The molecule has 0 aliphatic rings. The maximum absolute atomic E-state index is 15.2. The van der Waals surface area contributed by atoms with Gasteiger partial charge in [-0.15, -0.1) is 0 Å². The van der Waals surface area contributed by atoms with Crippen LogP contribution in [0.15, 0.2) is 60.9 Å². The maximum Gasteiger partial charge on any atom is 0.303 e. The van der Waals surface area contributed by atoms with Crippen molar-refractivity contribution < 1.29 is 32.2 Å². The third kappa shape index (κ3) is 4.97. The second kappa shape index (κ2) is 10.3. The molecule has 5 aromatic rings. The van der Waals surface area contributed by atoms with Crippen molar-refractivity contribution in [2.75, 3.05) is 0 Å². The SMILES string of the molecule is CC(c1cn(C)c(-c2cc(Oc3c(F)cc4[nH]ccc4c3F)ccc2F)n1)c1cccc(CCC(=O)O)c1F. The van der Waals surface area contributed by atoms with Crippen molar-refractivity contribution in [3.8, 4) is 22.9 Å². The number of hydrogen-bond donors (Lipinski definition) is 2. The van der Waals surface area contributed by atoms with Crippen LogP contribution in [0, 0.1) is 23.3 Å². The Labute approximate surface area is 220 Å². The molecule has 0 fully saturated rings. The summed E-state index contributed by atoms with van der Waals surface area (Å²) in [6.07, 6.45) is 2.96. The molecule has 2 aromatic heterocycles. The van der Waals surface area contributed by atoms with Gasteiger partial charge in [0, 0.05) is 43.2 Å². The number of carboxylic acids is 1. The van der Waals surface area contributed by atoms with Crippen molar-refractivity contribution >= 4 is 16.9 Å². The van der Waals surface area contributed by atoms with Gasteiger partial charge < -0.3 is 19.4 Å². The van der Waals surface area contributed by atoms with Crippen molar-refractivity contribution in [3.63, 3.8) is 0 Å². The van der Waals surface area contributed by atoms with Gasteiger partial charge in [0.05, 0.1) is 16.8 Å². The van der Waals surface area contributed by atoms with Gasteiger partial charge in [0.25, 0.3) is 0 Å². The Balaban J connectivity index is 1.46. The number of aromatic nitrogens is 3. The zero-order valence-corrected chi connectivity index (χ0v) is 20.9. The van der Waals surface area contributed by atoms with Gasteiger partial charge in [-0.3, -0.25) is 4.79 Å². The molecule has 0 aliphatic heterocycles. The molecule has 6 nitrogen and oxygen atoms in total. The van der Waals surface area contributed by atoms with Gasteiger partial charge in [0.2, 0.25) is 0 Å². The normalized spacial score (nSPS) is 12.2. The number of benzene rings is 3. The summed E-state index contributed by atoms with van der Waals surface area (Å²) in [4.78, 5) is 18.2. The van der Waals surface area contributed by atoms with E-state index in [-0.39, 0.29) is 46.4 Å². The van der Waals surface area contributed by atoms with E-state index in [9.17, 15) is 18.0 Å². The van der Waals surface area contributed by atoms with E-state index >= 15 is 4.39 Å². The first-order valence-corrected chi connectivity index (χ1v) is 12.1. The Hall–Kier alpha value is -4.60. The fourth-order valence-electron chi connectivity index (χ4n) is 4.54. The molecule has 1 atom stereocenters. The van der Waals surface area contributed by atoms with Gasteiger partial charge >= 0.3 is 5.97 Å². The van der Waals surface area contributed by atoms with E-state index < -0.39 is 40.9 Å². The van der Waals surface area contributed by atoms with E-state index in [1.165, 1.54) is 24.4 Å². The number of carboxylic acid groups (broad SMARTS) is 1. The van der Waals surface area contributed by atoms with Crippen LogP contribution >= 0.6 is 0 Å². The number of aromatic amines is 1. The second-order valence-corrected chi connectivity index (χ2v) is 9.22. The van der Waals surface area contributed by atoms with Crippen LogP contribution < -0.4 is 4.74 Å². The molecule has 10 heteroatoms. The van der Waals surface area contributed by atoms with E-state index in [0.29, 0.717) is 11.3 Å². The van der Waals surface area contributed by atoms with Crippen molar-refractivity contribution in [3.05, 3.63) is 101 Å². The highest BCUT2D eigenvalue weighted by atomic mass is 19.1. The minimum Gasteiger partial charge on any atom is -0.481 e. The van der Waals surface area contributed by atoms with Gasteiger partial charge in [-0.05, 0) is 41.8 Å². The fraction of sp³-hybridized carbons (Fsp3) is 0.172. The zero-order chi connectivity index (χ0) is 27.8. The van der Waals surface area contributed by atoms with E-state index in [1.807, 2.05) is 0 Å². The van der Waals surface area contributed by atoms with Gasteiger partial charge in [0.1, 0.15) is 23.2 Å². The lowest BCUT2D eigenvalue weighted by Gasteiger charge is -2.13. The lowest BCUT2D eigenvalue weighted by atomic mass is 9.94. The van der Waals surface area contributed by atoms with Gasteiger partial charge in [0.15, 0.2) is 17.4 Å². The number of hydrogen-bond acceptors (Lipinski definition) is 3. The van der Waals surface area contributed by atoms with E-state index in [0.717, 1.165) is 12.1 Å². The number of aryl methyl sites for hydroxylation is 2. The molecule has 0 saturated carbocycles. The number of ether oxygens (including phenoxy) is 1. The highest BCUT2D eigenvalue weighted by Crippen LogP contribution is 2.36. The third-order valence-corrected chi connectivity index (χ3v) is 6.62. The molecule has 39 heavy (non-hydrogen) atoms. The predicted octanol–water partition coefficient (Wildman–Crippen LogP) is 7.09. The monoisotopic (exact) mass is 537 g/mol. The van der Waals surface area contributed by atoms with Crippen LogP contribution in [0.25, 0.3) is 22.3 Å². The van der Waals surface area contributed by atoms with Gasteiger partial charge in [-0.1, -0.05) is 25.1 Å². The standard InChI is InChI=1S/C29H23F4N3O3/c1-15(18-5-3-4-16(26(18)32)6-9-25(37)38)24-14-36(2)29(35-24)20-12-17(7-8-21(20)30)39-28-22(31)13-23-19(27(28)33)10-11-34-23/h3-5,7-8,10-15,34H,6,9H2,1-2H3,(H,37,38). The Morgan fingerprint density at radius 3 is 2.64 bits per heavy atom. The van der Waals surface area contributed by atoms with Crippen LogP contribution in [0.5, 0.6) is 11.5 Å². The number of fused-ring (bicyclic) bond motifs is 1. The molecule has 0 bridgehead atoms. The topological polar surface area (TPSA) is 80.1 Å². The summed E-state index contributed by atoms with van der Waals surface area (Å²) in [5.41, 5.74) is 1.35. The number of imidazole rings is 1. The Morgan fingerprint density at radius 1 is 1.08 bits per heavy atom. The highest BCUT2D eigenvalue weighted by Gasteiger charge is 2.22. The minimum atomic E-state index is -1.02. The van der Waals surface area contributed by atoms with Crippen LogP contribution in [-0.2, 0) is 18.3 Å². The van der Waals surface area contributed by atoms with E-state index in [1.54, 1.807) is 42.9 Å². The molecule has 0 saturated heterocycles. The third-order valence-electron chi connectivity index (χ3n) is 6.62. The smallest absolute Gasteiger partial charge is 0.303 e. The number of rotatable bonds is 8. The van der Waals surface area contributed by atoms with Crippen molar-refractivity contribution in [2.45, 2.75) is 25.7 Å². The minimum absolute atomic E-state index is 0.00568. The molecule has 2 heterocycles. The summed E-state index contributed by atoms with van der Waals surface area (Å²) in [7, 11) is 1.64. The van der Waals surface area contributed by atoms with Crippen LogP contribution in [0.4, 0.5) is 17.6 Å².